The summed E-state index contributed by atoms with van der Waals surface area (Å²) in [5.41, 5.74) is 5.91. The van der Waals surface area contributed by atoms with Crippen molar-refractivity contribution in [3.63, 3.8) is 0 Å². The van der Waals surface area contributed by atoms with E-state index in [-0.39, 0.29) is 5.91 Å². The number of piperazine rings is 1. The van der Waals surface area contributed by atoms with Crippen LogP contribution in [0.1, 0.15) is 16.7 Å². The van der Waals surface area contributed by atoms with E-state index in [4.69, 9.17) is 4.99 Å². The zero-order valence-corrected chi connectivity index (χ0v) is 17.4. The summed E-state index contributed by atoms with van der Waals surface area (Å²) in [6, 6.07) is 26.0. The van der Waals surface area contributed by atoms with Gasteiger partial charge in [-0.3, -0.25) is 9.79 Å². The third-order valence-corrected chi connectivity index (χ3v) is 5.91. The van der Waals surface area contributed by atoms with Crippen LogP contribution >= 0.6 is 0 Å². The molecule has 1 saturated heterocycles. The zero-order chi connectivity index (χ0) is 21.0. The fraction of sp³-hybridized carbons (Fsp3) is 0.231. The van der Waals surface area contributed by atoms with Gasteiger partial charge in [-0.25, -0.2) is 0 Å². The smallest absolute Gasteiger partial charge is 0.249 e. The number of hydrogen-bond acceptors (Lipinski definition) is 4. The summed E-state index contributed by atoms with van der Waals surface area (Å²) < 4.78 is 0. The molecule has 5 rings (SSSR count). The van der Waals surface area contributed by atoms with Crippen LogP contribution in [0.25, 0.3) is 0 Å². The lowest BCUT2D eigenvalue weighted by molar-refractivity contribution is -0.117. The number of nitrogens with one attached hydrogen (secondary N) is 2. The third kappa shape index (κ3) is 4.09. The van der Waals surface area contributed by atoms with Crippen molar-refractivity contribution in [2.75, 3.05) is 36.4 Å². The predicted molar refractivity (Wildman–Crippen MR) is 126 cm³/mol. The average molecular weight is 411 g/mol. The highest BCUT2D eigenvalue weighted by atomic mass is 16.2. The molecule has 0 spiro atoms. The van der Waals surface area contributed by atoms with Gasteiger partial charge < -0.3 is 15.5 Å². The van der Waals surface area contributed by atoms with E-state index in [1.165, 1.54) is 0 Å². The minimum atomic E-state index is -0.485. The van der Waals surface area contributed by atoms with E-state index in [9.17, 15) is 4.79 Å². The third-order valence-electron chi connectivity index (χ3n) is 5.91. The molecule has 2 aliphatic rings. The number of fused-ring (bicyclic) bond motifs is 1. The molecule has 0 unspecified atom stereocenters. The largest absolute Gasteiger partial charge is 0.367 e. The van der Waals surface area contributed by atoms with Gasteiger partial charge in [0.25, 0.3) is 0 Å². The van der Waals surface area contributed by atoms with Gasteiger partial charge in [0.05, 0.1) is 17.1 Å². The minimum Gasteiger partial charge on any atom is -0.367 e. The van der Waals surface area contributed by atoms with Gasteiger partial charge in [-0.2, -0.15) is 0 Å². The normalized spacial score (nSPS) is 18.6. The maximum atomic E-state index is 13.3. The molecule has 1 fully saturated rings. The van der Waals surface area contributed by atoms with E-state index < -0.39 is 6.04 Å². The summed E-state index contributed by atoms with van der Waals surface area (Å²) in [4.78, 5) is 20.7. The molecule has 2 heterocycles. The topological polar surface area (TPSA) is 56.7 Å². The molecule has 5 nitrogen and oxygen atoms in total. The van der Waals surface area contributed by atoms with Crippen molar-refractivity contribution in [2.24, 2.45) is 4.99 Å². The maximum absolute atomic E-state index is 13.3. The molecular formula is C26H26N4O. The van der Waals surface area contributed by atoms with Crippen LogP contribution < -0.4 is 15.5 Å². The van der Waals surface area contributed by atoms with E-state index >= 15 is 0 Å². The predicted octanol–water partition coefficient (Wildman–Crippen LogP) is 3.50. The first kappa shape index (κ1) is 19.5. The van der Waals surface area contributed by atoms with Gasteiger partial charge in [0.15, 0.2) is 0 Å². The highest BCUT2D eigenvalue weighted by Crippen LogP contribution is 2.34. The monoisotopic (exact) mass is 410 g/mol. The first-order valence-electron chi connectivity index (χ1n) is 10.9. The number of amides is 1. The van der Waals surface area contributed by atoms with Crippen molar-refractivity contribution < 1.29 is 4.79 Å². The van der Waals surface area contributed by atoms with Gasteiger partial charge in [0.1, 0.15) is 6.04 Å². The Hall–Kier alpha value is -3.44. The molecule has 3 aromatic rings. The standard InChI is InChI=1S/C26H26N4O/c31-26-22(18-19-8-3-1-4-9-19)28-24(20-10-5-2-6-11-20)21-12-7-13-23(25(21)29-26)30-16-14-27-15-17-30/h1-13,22,27H,14-18H2,(H,29,31)/t22-/m0/s1. The molecule has 156 valence electrons. The van der Waals surface area contributed by atoms with Crippen LogP contribution in [0.4, 0.5) is 11.4 Å². The van der Waals surface area contributed by atoms with Crippen molar-refractivity contribution in [3.8, 4) is 0 Å². The molecule has 3 aromatic carbocycles. The number of carbonyl (C=O) groups is 1. The van der Waals surface area contributed by atoms with Gasteiger partial charge in [0.2, 0.25) is 5.91 Å². The van der Waals surface area contributed by atoms with E-state index in [1.807, 2.05) is 36.4 Å². The van der Waals surface area contributed by atoms with Crippen LogP contribution in [-0.4, -0.2) is 43.8 Å². The quantitative estimate of drug-likeness (QED) is 0.692. The molecule has 0 aliphatic carbocycles. The number of anilines is 2. The lowest BCUT2D eigenvalue weighted by Gasteiger charge is -2.31. The lowest BCUT2D eigenvalue weighted by atomic mass is 9.99. The van der Waals surface area contributed by atoms with Crippen LogP contribution in [0, 0.1) is 0 Å². The molecule has 31 heavy (non-hydrogen) atoms. The van der Waals surface area contributed by atoms with E-state index in [0.717, 1.165) is 60.0 Å². The number of rotatable bonds is 4. The van der Waals surface area contributed by atoms with Crippen LogP contribution in [0.3, 0.4) is 0 Å². The number of carbonyl (C=O) groups excluding carboxylic acids is 1. The SMILES string of the molecule is O=C1Nc2c(cccc2N2CCNCC2)C(c2ccccc2)=N[C@H]1Cc1ccccc1. The Kier molecular flexibility index (Phi) is 5.50. The lowest BCUT2D eigenvalue weighted by Crippen LogP contribution is -2.44. The van der Waals surface area contributed by atoms with Crippen molar-refractivity contribution >= 4 is 23.0 Å². The van der Waals surface area contributed by atoms with Crippen molar-refractivity contribution in [1.82, 2.24) is 5.32 Å². The van der Waals surface area contributed by atoms with Crippen molar-refractivity contribution in [3.05, 3.63) is 95.6 Å². The fourth-order valence-corrected chi connectivity index (χ4v) is 4.33. The summed E-state index contributed by atoms with van der Waals surface area (Å²) in [7, 11) is 0. The van der Waals surface area contributed by atoms with E-state index in [2.05, 4.69) is 58.0 Å². The number of benzodiazepines with no additional fused rings is 1. The fourth-order valence-electron chi connectivity index (χ4n) is 4.33. The summed E-state index contributed by atoms with van der Waals surface area (Å²) in [6.45, 7) is 3.71. The number of nitrogens with zero attached hydrogens (tertiary/aromatic N) is 2. The molecule has 2 aliphatic heterocycles. The number of benzene rings is 3. The van der Waals surface area contributed by atoms with Crippen LogP contribution in [-0.2, 0) is 11.2 Å². The molecule has 5 heteroatoms. The highest BCUT2D eigenvalue weighted by Gasteiger charge is 2.29. The summed E-state index contributed by atoms with van der Waals surface area (Å²) in [5.74, 6) is -0.0568. The van der Waals surface area contributed by atoms with Crippen LogP contribution in [0.2, 0.25) is 0 Å². The maximum Gasteiger partial charge on any atom is 0.249 e. The number of hydrogen-bond donors (Lipinski definition) is 2. The summed E-state index contributed by atoms with van der Waals surface area (Å²) in [6.07, 6.45) is 0.569. The Bertz CT molecular complexity index is 1090. The second-order valence-electron chi connectivity index (χ2n) is 7.98. The van der Waals surface area contributed by atoms with Crippen LogP contribution in [0.5, 0.6) is 0 Å². The van der Waals surface area contributed by atoms with Gasteiger partial charge in [-0.15, -0.1) is 0 Å². The Balaban J connectivity index is 1.61. The first-order chi connectivity index (χ1) is 15.3. The average Bonchev–Trinajstić information content (AvgIpc) is 2.97. The Morgan fingerprint density at radius 1 is 0.871 bits per heavy atom. The van der Waals surface area contributed by atoms with Gasteiger partial charge >= 0.3 is 0 Å². The van der Waals surface area contributed by atoms with Crippen molar-refractivity contribution in [1.29, 1.82) is 0 Å². The molecule has 0 saturated carbocycles. The molecule has 0 aromatic heterocycles. The summed E-state index contributed by atoms with van der Waals surface area (Å²) in [5, 5.41) is 6.64. The molecule has 0 radical (unpaired) electrons. The van der Waals surface area contributed by atoms with Gasteiger partial charge in [0, 0.05) is 43.7 Å². The zero-order valence-electron chi connectivity index (χ0n) is 17.4. The second kappa shape index (κ2) is 8.74. The second-order valence-corrected chi connectivity index (χ2v) is 7.98. The Labute approximate surface area is 182 Å². The highest BCUT2D eigenvalue weighted by molar-refractivity contribution is 6.21. The first-order valence-corrected chi connectivity index (χ1v) is 10.9. The van der Waals surface area contributed by atoms with Crippen LogP contribution in [0.15, 0.2) is 83.9 Å². The molecule has 1 amide bonds. The molecule has 2 N–H and O–H groups in total. The number of aliphatic imine (C=N–C) groups is 1. The molecule has 1 atom stereocenters. The molecule has 0 bridgehead atoms. The Morgan fingerprint density at radius 2 is 1.58 bits per heavy atom. The van der Waals surface area contributed by atoms with Crippen molar-refractivity contribution in [2.45, 2.75) is 12.5 Å². The number of para-hydroxylation sites is 1. The molecular weight excluding hydrogens is 384 g/mol. The Morgan fingerprint density at radius 3 is 2.32 bits per heavy atom. The summed E-state index contributed by atoms with van der Waals surface area (Å²) >= 11 is 0. The minimum absolute atomic E-state index is 0.0568. The van der Waals surface area contributed by atoms with E-state index in [0.29, 0.717) is 6.42 Å². The van der Waals surface area contributed by atoms with Gasteiger partial charge in [-0.05, 0) is 11.6 Å². The van der Waals surface area contributed by atoms with E-state index in [1.54, 1.807) is 0 Å². The van der Waals surface area contributed by atoms with Gasteiger partial charge in [-0.1, -0.05) is 72.8 Å².